The molecule has 122 valence electrons. The van der Waals surface area contributed by atoms with Gasteiger partial charge < -0.3 is 15.2 Å². The van der Waals surface area contributed by atoms with E-state index in [1.54, 1.807) is 7.11 Å². The first-order chi connectivity index (χ1) is 10.6. The summed E-state index contributed by atoms with van der Waals surface area (Å²) < 4.78 is 11.8. The fourth-order valence-corrected chi connectivity index (χ4v) is 3.63. The Morgan fingerprint density at radius 1 is 1.36 bits per heavy atom. The van der Waals surface area contributed by atoms with Crippen molar-refractivity contribution in [3.63, 3.8) is 0 Å². The number of methoxy groups -OCH3 is 1. The van der Waals surface area contributed by atoms with Crippen molar-refractivity contribution in [2.75, 3.05) is 27.2 Å². The van der Waals surface area contributed by atoms with Gasteiger partial charge in [0, 0.05) is 29.2 Å². The third kappa shape index (κ3) is 3.05. The summed E-state index contributed by atoms with van der Waals surface area (Å²) in [5, 5.41) is 0.692. The summed E-state index contributed by atoms with van der Waals surface area (Å²) in [5.74, 6) is 2.13. The zero-order valence-corrected chi connectivity index (χ0v) is 14.1. The van der Waals surface area contributed by atoms with Gasteiger partial charge in [0.2, 0.25) is 0 Å². The molecule has 0 spiro atoms. The third-order valence-electron chi connectivity index (χ3n) is 4.93. The molecule has 4 nitrogen and oxygen atoms in total. The molecule has 1 aromatic rings. The fraction of sp³-hybridized carbons (Fsp3) is 0.647. The molecule has 0 radical (unpaired) electrons. The number of hydrogen-bond donors (Lipinski definition) is 1. The number of rotatable bonds is 5. The highest BCUT2D eigenvalue weighted by atomic mass is 35.5. The lowest BCUT2D eigenvalue weighted by molar-refractivity contribution is 0.112. The maximum Gasteiger partial charge on any atom is 0.166 e. The van der Waals surface area contributed by atoms with E-state index >= 15 is 0 Å². The van der Waals surface area contributed by atoms with E-state index in [0.29, 0.717) is 17.0 Å². The SMILES string of the molecule is COc1cc(Cl)cc(C2CC(CN)CN2C)c1OC1CCC1. The van der Waals surface area contributed by atoms with Crippen molar-refractivity contribution in [2.45, 2.75) is 37.8 Å². The zero-order valence-electron chi connectivity index (χ0n) is 13.3. The van der Waals surface area contributed by atoms with Gasteiger partial charge in [-0.15, -0.1) is 0 Å². The Bertz CT molecular complexity index is 534. The maximum absolute atomic E-state index is 6.30. The zero-order chi connectivity index (χ0) is 15.7. The van der Waals surface area contributed by atoms with Crippen LogP contribution in [-0.4, -0.2) is 38.3 Å². The Labute approximate surface area is 137 Å². The van der Waals surface area contributed by atoms with Gasteiger partial charge in [0.25, 0.3) is 0 Å². The second-order valence-corrected chi connectivity index (χ2v) is 6.93. The molecule has 0 aromatic heterocycles. The summed E-state index contributed by atoms with van der Waals surface area (Å²) in [7, 11) is 3.81. The topological polar surface area (TPSA) is 47.7 Å². The van der Waals surface area contributed by atoms with Crippen molar-refractivity contribution in [2.24, 2.45) is 11.7 Å². The molecule has 2 N–H and O–H groups in total. The van der Waals surface area contributed by atoms with Gasteiger partial charge in [0.15, 0.2) is 11.5 Å². The van der Waals surface area contributed by atoms with Crippen molar-refractivity contribution < 1.29 is 9.47 Å². The highest BCUT2D eigenvalue weighted by Crippen LogP contribution is 2.45. The number of hydrogen-bond acceptors (Lipinski definition) is 4. The first-order valence-corrected chi connectivity index (χ1v) is 8.44. The van der Waals surface area contributed by atoms with E-state index in [0.717, 1.165) is 49.4 Å². The molecule has 0 bridgehead atoms. The van der Waals surface area contributed by atoms with E-state index in [2.05, 4.69) is 11.9 Å². The average molecular weight is 325 g/mol. The second-order valence-electron chi connectivity index (χ2n) is 6.49. The molecule has 3 rings (SSSR count). The van der Waals surface area contributed by atoms with Gasteiger partial charge in [-0.05, 0) is 51.3 Å². The van der Waals surface area contributed by atoms with Crippen LogP contribution in [-0.2, 0) is 0 Å². The molecule has 0 amide bonds. The van der Waals surface area contributed by atoms with Crippen molar-refractivity contribution >= 4 is 11.6 Å². The van der Waals surface area contributed by atoms with Crippen LogP contribution in [0.5, 0.6) is 11.5 Å². The van der Waals surface area contributed by atoms with Crippen LogP contribution >= 0.6 is 11.6 Å². The van der Waals surface area contributed by atoms with Gasteiger partial charge in [-0.25, -0.2) is 0 Å². The smallest absolute Gasteiger partial charge is 0.166 e. The Morgan fingerprint density at radius 3 is 2.68 bits per heavy atom. The molecule has 2 unspecified atom stereocenters. The molecule has 1 heterocycles. The van der Waals surface area contributed by atoms with E-state index in [1.807, 2.05) is 12.1 Å². The molecular formula is C17H25ClN2O2. The molecule has 1 aromatic carbocycles. The van der Waals surface area contributed by atoms with Crippen molar-refractivity contribution in [1.82, 2.24) is 4.90 Å². The predicted molar refractivity (Wildman–Crippen MR) is 88.8 cm³/mol. The lowest BCUT2D eigenvalue weighted by atomic mass is 9.95. The molecule has 22 heavy (non-hydrogen) atoms. The minimum absolute atomic E-state index is 0.288. The third-order valence-corrected chi connectivity index (χ3v) is 5.15. The average Bonchev–Trinajstić information content (AvgIpc) is 2.84. The largest absolute Gasteiger partial charge is 0.493 e. The first-order valence-electron chi connectivity index (χ1n) is 8.06. The normalized spacial score (nSPS) is 26.0. The highest BCUT2D eigenvalue weighted by molar-refractivity contribution is 6.30. The first kappa shape index (κ1) is 15.9. The summed E-state index contributed by atoms with van der Waals surface area (Å²) in [6.07, 6.45) is 4.84. The van der Waals surface area contributed by atoms with Gasteiger partial charge in [-0.2, -0.15) is 0 Å². The molecule has 5 heteroatoms. The van der Waals surface area contributed by atoms with E-state index in [9.17, 15) is 0 Å². The van der Waals surface area contributed by atoms with Crippen LogP contribution < -0.4 is 15.2 Å². The van der Waals surface area contributed by atoms with Gasteiger partial charge >= 0.3 is 0 Å². The molecule has 1 saturated heterocycles. The summed E-state index contributed by atoms with van der Waals surface area (Å²) >= 11 is 6.30. The quantitative estimate of drug-likeness (QED) is 0.903. The van der Waals surface area contributed by atoms with Crippen molar-refractivity contribution in [1.29, 1.82) is 0 Å². The Kier molecular flexibility index (Phi) is 4.81. The summed E-state index contributed by atoms with van der Waals surface area (Å²) in [6.45, 7) is 1.73. The van der Waals surface area contributed by atoms with Crippen LogP contribution in [0.4, 0.5) is 0 Å². The molecule has 2 fully saturated rings. The summed E-state index contributed by atoms with van der Waals surface area (Å²) in [4.78, 5) is 2.34. The van der Waals surface area contributed by atoms with Crippen LogP contribution in [0.2, 0.25) is 5.02 Å². The lowest BCUT2D eigenvalue weighted by Crippen LogP contribution is -2.26. The van der Waals surface area contributed by atoms with Gasteiger partial charge in [0.05, 0.1) is 13.2 Å². The Balaban J connectivity index is 1.95. The number of benzene rings is 1. The van der Waals surface area contributed by atoms with Crippen LogP contribution in [0, 0.1) is 5.92 Å². The van der Waals surface area contributed by atoms with Gasteiger partial charge in [-0.1, -0.05) is 11.6 Å². The van der Waals surface area contributed by atoms with Crippen LogP contribution in [0.15, 0.2) is 12.1 Å². The molecule has 2 atom stereocenters. The highest BCUT2D eigenvalue weighted by Gasteiger charge is 2.34. The van der Waals surface area contributed by atoms with E-state index in [1.165, 1.54) is 6.42 Å². The van der Waals surface area contributed by atoms with Crippen LogP contribution in [0.1, 0.15) is 37.3 Å². The molecule has 1 saturated carbocycles. The van der Waals surface area contributed by atoms with E-state index < -0.39 is 0 Å². The molecular weight excluding hydrogens is 300 g/mol. The van der Waals surface area contributed by atoms with E-state index in [4.69, 9.17) is 26.8 Å². The van der Waals surface area contributed by atoms with Gasteiger partial charge in [0.1, 0.15) is 0 Å². The second kappa shape index (κ2) is 6.65. The number of nitrogens with two attached hydrogens (primary N) is 1. The number of likely N-dealkylation sites (tertiary alicyclic amines) is 1. The Morgan fingerprint density at radius 2 is 2.14 bits per heavy atom. The minimum Gasteiger partial charge on any atom is -0.493 e. The minimum atomic E-state index is 0.288. The summed E-state index contributed by atoms with van der Waals surface area (Å²) in [6, 6.07) is 4.16. The lowest BCUT2D eigenvalue weighted by Gasteiger charge is -2.30. The number of ether oxygens (including phenoxy) is 2. The van der Waals surface area contributed by atoms with Crippen LogP contribution in [0.25, 0.3) is 0 Å². The number of halogens is 1. The van der Waals surface area contributed by atoms with Crippen LogP contribution in [0.3, 0.4) is 0 Å². The standard InChI is InChI=1S/C17H25ClN2O2/c1-20-10-11(9-19)6-15(20)14-7-12(18)8-16(21-2)17(14)22-13-4-3-5-13/h7-8,11,13,15H,3-6,9-10,19H2,1-2H3. The van der Waals surface area contributed by atoms with E-state index in [-0.39, 0.29) is 6.04 Å². The molecule has 1 aliphatic carbocycles. The molecule has 2 aliphatic rings. The summed E-state index contributed by atoms with van der Waals surface area (Å²) in [5.41, 5.74) is 7.00. The van der Waals surface area contributed by atoms with Gasteiger partial charge in [-0.3, -0.25) is 4.90 Å². The number of nitrogens with zero attached hydrogens (tertiary/aromatic N) is 1. The predicted octanol–water partition coefficient (Wildman–Crippen LogP) is 3.23. The fourth-order valence-electron chi connectivity index (χ4n) is 3.41. The monoisotopic (exact) mass is 324 g/mol. The maximum atomic E-state index is 6.30. The molecule has 1 aliphatic heterocycles. The van der Waals surface area contributed by atoms with Crippen molar-refractivity contribution in [3.05, 3.63) is 22.7 Å². The van der Waals surface area contributed by atoms with Crippen molar-refractivity contribution in [3.8, 4) is 11.5 Å². The Hall–Kier alpha value is -0.970.